The van der Waals surface area contributed by atoms with Crippen molar-refractivity contribution in [2.75, 3.05) is 6.61 Å². The number of hydrogen-bond acceptors (Lipinski definition) is 5. The molecular formula is C15H15N5O2. The van der Waals surface area contributed by atoms with Crippen LogP contribution in [-0.2, 0) is 6.54 Å². The van der Waals surface area contributed by atoms with Gasteiger partial charge in [0.05, 0.1) is 6.61 Å². The Labute approximate surface area is 126 Å². The van der Waals surface area contributed by atoms with Crippen LogP contribution in [0.2, 0.25) is 0 Å². The van der Waals surface area contributed by atoms with E-state index in [0.29, 0.717) is 30.1 Å². The minimum Gasteiger partial charge on any atom is -0.478 e. The molecule has 0 atom stereocenters. The van der Waals surface area contributed by atoms with Crippen LogP contribution in [0.4, 0.5) is 0 Å². The standard InChI is InChI=1S/C15H15N5O2/c1-2-22-15-11(4-3-7-16-15)9-17-14(21)10-5-6-12-13(8-10)19-20-18-12/h3-8H,2,9H2,1H3,(H,17,21)(H,18,19,20). The number of carbonyl (C=O) groups excluding carboxylic acids is 1. The van der Waals surface area contributed by atoms with E-state index < -0.39 is 0 Å². The van der Waals surface area contributed by atoms with E-state index in [9.17, 15) is 4.79 Å². The Morgan fingerprint density at radius 1 is 1.27 bits per heavy atom. The molecule has 1 amide bonds. The Balaban J connectivity index is 1.72. The number of rotatable bonds is 5. The smallest absolute Gasteiger partial charge is 0.251 e. The first-order valence-electron chi connectivity index (χ1n) is 6.93. The van der Waals surface area contributed by atoms with Crippen molar-refractivity contribution in [3.63, 3.8) is 0 Å². The second kappa shape index (κ2) is 6.21. The molecule has 0 fully saturated rings. The van der Waals surface area contributed by atoms with E-state index in [2.05, 4.69) is 25.7 Å². The maximum Gasteiger partial charge on any atom is 0.251 e. The second-order valence-electron chi connectivity index (χ2n) is 4.61. The molecule has 0 aliphatic carbocycles. The van der Waals surface area contributed by atoms with Gasteiger partial charge >= 0.3 is 0 Å². The fourth-order valence-corrected chi connectivity index (χ4v) is 2.08. The number of ether oxygens (including phenoxy) is 1. The van der Waals surface area contributed by atoms with Crippen molar-refractivity contribution in [2.45, 2.75) is 13.5 Å². The molecule has 7 nitrogen and oxygen atoms in total. The highest BCUT2D eigenvalue weighted by atomic mass is 16.5. The van der Waals surface area contributed by atoms with Gasteiger partial charge in [0.1, 0.15) is 11.0 Å². The van der Waals surface area contributed by atoms with Crippen molar-refractivity contribution in [3.05, 3.63) is 47.7 Å². The predicted octanol–water partition coefficient (Wildman–Crippen LogP) is 1.68. The first-order valence-corrected chi connectivity index (χ1v) is 6.93. The average Bonchev–Trinajstić information content (AvgIpc) is 3.01. The molecular weight excluding hydrogens is 282 g/mol. The largest absolute Gasteiger partial charge is 0.478 e. The quantitative estimate of drug-likeness (QED) is 0.747. The highest BCUT2D eigenvalue weighted by molar-refractivity contribution is 5.97. The summed E-state index contributed by atoms with van der Waals surface area (Å²) in [5.41, 5.74) is 2.75. The van der Waals surface area contributed by atoms with Crippen LogP contribution in [-0.4, -0.2) is 32.9 Å². The van der Waals surface area contributed by atoms with Crippen LogP contribution in [0, 0.1) is 0 Å². The fraction of sp³-hybridized carbons (Fsp3) is 0.200. The summed E-state index contributed by atoms with van der Waals surface area (Å²) in [6, 6.07) is 8.85. The topological polar surface area (TPSA) is 92.8 Å². The number of amides is 1. The predicted molar refractivity (Wildman–Crippen MR) is 80.5 cm³/mol. The first-order chi connectivity index (χ1) is 10.8. The number of fused-ring (bicyclic) bond motifs is 1. The molecule has 0 radical (unpaired) electrons. The molecule has 112 valence electrons. The Morgan fingerprint density at radius 3 is 3.00 bits per heavy atom. The van der Waals surface area contributed by atoms with Crippen LogP contribution in [0.5, 0.6) is 5.88 Å². The maximum absolute atomic E-state index is 12.2. The molecule has 0 unspecified atom stereocenters. The molecule has 22 heavy (non-hydrogen) atoms. The summed E-state index contributed by atoms with van der Waals surface area (Å²) in [6.45, 7) is 2.77. The highest BCUT2D eigenvalue weighted by Crippen LogP contribution is 2.15. The van der Waals surface area contributed by atoms with Gasteiger partial charge in [0.15, 0.2) is 0 Å². The summed E-state index contributed by atoms with van der Waals surface area (Å²) in [5, 5.41) is 13.3. The second-order valence-corrected chi connectivity index (χ2v) is 4.61. The number of nitrogens with one attached hydrogen (secondary N) is 2. The lowest BCUT2D eigenvalue weighted by atomic mass is 10.2. The van der Waals surface area contributed by atoms with E-state index in [1.165, 1.54) is 0 Å². The van der Waals surface area contributed by atoms with Gasteiger partial charge in [0.2, 0.25) is 5.88 Å². The third-order valence-electron chi connectivity index (χ3n) is 3.15. The molecule has 0 spiro atoms. The summed E-state index contributed by atoms with van der Waals surface area (Å²) >= 11 is 0. The molecule has 2 N–H and O–H groups in total. The van der Waals surface area contributed by atoms with Gasteiger partial charge in [0.25, 0.3) is 5.91 Å². The molecule has 1 aromatic carbocycles. The van der Waals surface area contributed by atoms with E-state index in [1.54, 1.807) is 24.4 Å². The van der Waals surface area contributed by atoms with Gasteiger partial charge in [-0.15, -0.1) is 0 Å². The summed E-state index contributed by atoms with van der Waals surface area (Å²) in [4.78, 5) is 16.4. The number of hydrogen-bond donors (Lipinski definition) is 2. The Hall–Kier alpha value is -2.96. The van der Waals surface area contributed by atoms with Crippen molar-refractivity contribution in [3.8, 4) is 5.88 Å². The van der Waals surface area contributed by atoms with Gasteiger partial charge in [-0.25, -0.2) is 4.98 Å². The highest BCUT2D eigenvalue weighted by Gasteiger charge is 2.10. The Kier molecular flexibility index (Phi) is 3.95. The van der Waals surface area contributed by atoms with Crippen molar-refractivity contribution < 1.29 is 9.53 Å². The number of carbonyl (C=O) groups is 1. The molecule has 0 aliphatic rings. The minimum atomic E-state index is -0.184. The van der Waals surface area contributed by atoms with Crippen LogP contribution >= 0.6 is 0 Å². The van der Waals surface area contributed by atoms with E-state index in [0.717, 1.165) is 11.1 Å². The Morgan fingerprint density at radius 2 is 2.14 bits per heavy atom. The third kappa shape index (κ3) is 2.88. The van der Waals surface area contributed by atoms with Gasteiger partial charge in [-0.3, -0.25) is 4.79 Å². The lowest BCUT2D eigenvalue weighted by molar-refractivity contribution is 0.0950. The van der Waals surface area contributed by atoms with Crippen molar-refractivity contribution >= 4 is 16.9 Å². The molecule has 0 bridgehead atoms. The molecule has 7 heteroatoms. The number of aromatic amines is 1. The van der Waals surface area contributed by atoms with Crippen LogP contribution < -0.4 is 10.1 Å². The normalized spacial score (nSPS) is 10.6. The van der Waals surface area contributed by atoms with Crippen molar-refractivity contribution in [2.24, 2.45) is 0 Å². The lowest BCUT2D eigenvalue weighted by Crippen LogP contribution is -2.23. The molecule has 0 aliphatic heterocycles. The molecule has 0 saturated carbocycles. The van der Waals surface area contributed by atoms with Gasteiger partial charge in [0, 0.05) is 23.9 Å². The zero-order valence-electron chi connectivity index (χ0n) is 12.0. The van der Waals surface area contributed by atoms with Gasteiger partial charge < -0.3 is 10.1 Å². The fourth-order valence-electron chi connectivity index (χ4n) is 2.08. The number of pyridine rings is 1. The van der Waals surface area contributed by atoms with E-state index in [1.807, 2.05) is 19.1 Å². The molecule has 3 aromatic rings. The van der Waals surface area contributed by atoms with Crippen molar-refractivity contribution in [1.29, 1.82) is 0 Å². The van der Waals surface area contributed by atoms with Gasteiger partial charge in [-0.1, -0.05) is 6.07 Å². The number of aromatic nitrogens is 4. The van der Waals surface area contributed by atoms with Crippen LogP contribution in [0.3, 0.4) is 0 Å². The Bertz CT molecular complexity index is 799. The number of benzene rings is 1. The molecule has 2 aromatic heterocycles. The zero-order valence-corrected chi connectivity index (χ0v) is 12.0. The molecule has 3 rings (SSSR count). The lowest BCUT2D eigenvalue weighted by Gasteiger charge is -2.09. The summed E-state index contributed by atoms with van der Waals surface area (Å²) in [6.07, 6.45) is 1.66. The van der Waals surface area contributed by atoms with Crippen molar-refractivity contribution in [1.82, 2.24) is 25.7 Å². The van der Waals surface area contributed by atoms with Crippen LogP contribution in [0.25, 0.3) is 11.0 Å². The summed E-state index contributed by atoms with van der Waals surface area (Å²) in [7, 11) is 0. The van der Waals surface area contributed by atoms with Gasteiger partial charge in [-0.05, 0) is 31.2 Å². The minimum absolute atomic E-state index is 0.184. The van der Waals surface area contributed by atoms with Crippen LogP contribution in [0.15, 0.2) is 36.5 Å². The summed E-state index contributed by atoms with van der Waals surface area (Å²) < 4.78 is 5.44. The third-order valence-corrected chi connectivity index (χ3v) is 3.15. The SMILES string of the molecule is CCOc1ncccc1CNC(=O)c1ccc2n[nH]nc2c1. The average molecular weight is 297 g/mol. The maximum atomic E-state index is 12.2. The summed E-state index contributed by atoms with van der Waals surface area (Å²) in [5.74, 6) is 0.355. The van der Waals surface area contributed by atoms with Gasteiger partial charge in [-0.2, -0.15) is 15.4 Å². The monoisotopic (exact) mass is 297 g/mol. The van der Waals surface area contributed by atoms with Crippen LogP contribution in [0.1, 0.15) is 22.8 Å². The first kappa shape index (κ1) is 14.0. The van der Waals surface area contributed by atoms with E-state index in [4.69, 9.17) is 4.74 Å². The number of H-pyrrole nitrogens is 1. The van der Waals surface area contributed by atoms with E-state index >= 15 is 0 Å². The van der Waals surface area contributed by atoms with E-state index in [-0.39, 0.29) is 5.91 Å². The molecule has 0 saturated heterocycles. The zero-order chi connectivity index (χ0) is 15.4. The number of nitrogens with zero attached hydrogens (tertiary/aromatic N) is 3. The molecule has 2 heterocycles.